The molecule has 0 aromatic heterocycles. The van der Waals surface area contributed by atoms with Gasteiger partial charge < -0.3 is 15.4 Å². The van der Waals surface area contributed by atoms with Gasteiger partial charge in [0.15, 0.2) is 0 Å². The second-order valence-electron chi connectivity index (χ2n) is 4.81. The number of nitrogens with one attached hydrogen (secondary N) is 2. The zero-order valence-corrected chi connectivity index (χ0v) is 12.8. The van der Waals surface area contributed by atoms with Gasteiger partial charge in [0.25, 0.3) is 5.91 Å². The largest absolute Gasteiger partial charge is 0.457 e. The zero-order valence-electron chi connectivity index (χ0n) is 12.8. The molecule has 2 aromatic carbocycles. The van der Waals surface area contributed by atoms with Crippen molar-refractivity contribution >= 4 is 17.3 Å². The molecule has 0 unspecified atom stereocenters. The summed E-state index contributed by atoms with van der Waals surface area (Å²) in [5, 5.41) is 5.85. The Bertz CT molecular complexity index is 646. The van der Waals surface area contributed by atoms with E-state index in [2.05, 4.69) is 17.2 Å². The van der Waals surface area contributed by atoms with E-state index in [9.17, 15) is 4.79 Å². The van der Waals surface area contributed by atoms with Gasteiger partial charge in [-0.15, -0.1) is 0 Å². The van der Waals surface area contributed by atoms with Crippen LogP contribution < -0.4 is 15.4 Å². The van der Waals surface area contributed by atoms with Crippen molar-refractivity contribution in [3.63, 3.8) is 0 Å². The average Bonchev–Trinajstić information content (AvgIpc) is 2.56. The fraction of sp³-hybridized carbons (Fsp3) is 0.167. The Labute approximate surface area is 130 Å². The van der Waals surface area contributed by atoms with Gasteiger partial charge in [-0.3, -0.25) is 4.79 Å². The van der Waals surface area contributed by atoms with Crippen LogP contribution in [0.2, 0.25) is 0 Å². The highest BCUT2D eigenvalue weighted by atomic mass is 16.5. The first-order valence-electron chi connectivity index (χ1n) is 7.17. The van der Waals surface area contributed by atoms with E-state index in [1.165, 1.54) is 0 Å². The second-order valence-corrected chi connectivity index (χ2v) is 4.81. The molecule has 1 amide bonds. The number of carbonyl (C=O) groups is 1. The Hall–Kier alpha value is -2.75. The van der Waals surface area contributed by atoms with E-state index in [1.54, 1.807) is 12.1 Å². The molecule has 0 aliphatic heterocycles. The molecule has 0 bridgehead atoms. The number of hydrogen-bond acceptors (Lipinski definition) is 3. The lowest BCUT2D eigenvalue weighted by Gasteiger charge is -2.09. The highest BCUT2D eigenvalue weighted by Crippen LogP contribution is 2.24. The molecule has 2 aromatic rings. The molecule has 0 spiro atoms. The van der Waals surface area contributed by atoms with Gasteiger partial charge in [-0.2, -0.15) is 0 Å². The summed E-state index contributed by atoms with van der Waals surface area (Å²) in [6.07, 6.45) is 0.635. The van der Waals surface area contributed by atoms with Crippen LogP contribution in [0.25, 0.3) is 0 Å². The Kier molecular flexibility index (Phi) is 5.20. The first-order valence-corrected chi connectivity index (χ1v) is 7.17. The van der Waals surface area contributed by atoms with E-state index >= 15 is 0 Å². The van der Waals surface area contributed by atoms with Crippen LogP contribution in [0.3, 0.4) is 0 Å². The summed E-state index contributed by atoms with van der Waals surface area (Å²) < 4.78 is 5.75. The Morgan fingerprint density at radius 3 is 1.95 bits per heavy atom. The smallest absolute Gasteiger partial charge is 0.250 e. The van der Waals surface area contributed by atoms with E-state index in [-0.39, 0.29) is 5.91 Å². The van der Waals surface area contributed by atoms with E-state index in [4.69, 9.17) is 4.74 Å². The van der Waals surface area contributed by atoms with Gasteiger partial charge >= 0.3 is 0 Å². The minimum Gasteiger partial charge on any atom is -0.457 e. The normalized spacial score (nSPS) is 9.91. The molecule has 4 nitrogen and oxygen atoms in total. The van der Waals surface area contributed by atoms with Gasteiger partial charge in [0.05, 0.1) is 0 Å². The third-order valence-corrected chi connectivity index (χ3v) is 3.24. The maximum absolute atomic E-state index is 11.7. The van der Waals surface area contributed by atoms with Crippen molar-refractivity contribution in [3.8, 4) is 11.5 Å². The summed E-state index contributed by atoms with van der Waals surface area (Å²) >= 11 is 0. The van der Waals surface area contributed by atoms with Crippen molar-refractivity contribution in [2.45, 2.75) is 13.3 Å². The molecule has 0 atom stereocenters. The van der Waals surface area contributed by atoms with Crippen molar-refractivity contribution in [1.29, 1.82) is 0 Å². The molecule has 0 radical (unpaired) electrons. The molecule has 2 N–H and O–H groups in total. The van der Waals surface area contributed by atoms with E-state index in [0.717, 1.165) is 17.1 Å². The predicted octanol–water partition coefficient (Wildman–Crippen LogP) is 4.43. The molecule has 0 saturated carbocycles. The van der Waals surface area contributed by atoms with Crippen LogP contribution in [0.4, 0.5) is 11.4 Å². The Morgan fingerprint density at radius 2 is 1.50 bits per heavy atom. The van der Waals surface area contributed by atoms with Crippen molar-refractivity contribution in [1.82, 2.24) is 0 Å². The zero-order chi connectivity index (χ0) is 15.9. The van der Waals surface area contributed by atoms with Crippen LogP contribution in [-0.4, -0.2) is 13.0 Å². The first kappa shape index (κ1) is 15.6. The van der Waals surface area contributed by atoms with Crippen LogP contribution >= 0.6 is 0 Å². The number of carbonyl (C=O) groups excluding carboxylic acids is 1. The standard InChI is InChI=1S/C18H20N2O2/c1-4-13(2)18(21)20-15-7-11-17(12-8-15)22-16-9-5-14(19-3)6-10-16/h5-12,19H,2,4H2,1,3H3,(H,20,21). The topological polar surface area (TPSA) is 50.4 Å². The third-order valence-electron chi connectivity index (χ3n) is 3.24. The SMILES string of the molecule is C=C(CC)C(=O)Nc1ccc(Oc2ccc(NC)cc2)cc1. The molecule has 22 heavy (non-hydrogen) atoms. The lowest BCUT2D eigenvalue weighted by molar-refractivity contribution is -0.112. The van der Waals surface area contributed by atoms with Crippen molar-refractivity contribution < 1.29 is 9.53 Å². The monoisotopic (exact) mass is 296 g/mol. The van der Waals surface area contributed by atoms with Crippen LogP contribution in [0.15, 0.2) is 60.7 Å². The first-order chi connectivity index (χ1) is 10.6. The number of benzene rings is 2. The van der Waals surface area contributed by atoms with Crippen LogP contribution in [0.5, 0.6) is 11.5 Å². The van der Waals surface area contributed by atoms with E-state index in [0.29, 0.717) is 17.7 Å². The van der Waals surface area contributed by atoms with Crippen LogP contribution in [-0.2, 0) is 4.79 Å². The molecule has 114 valence electrons. The molecular formula is C18H20N2O2. The van der Waals surface area contributed by atoms with Crippen LogP contribution in [0, 0.1) is 0 Å². The van der Waals surface area contributed by atoms with E-state index in [1.807, 2.05) is 50.4 Å². The van der Waals surface area contributed by atoms with Gasteiger partial charge in [-0.1, -0.05) is 13.5 Å². The summed E-state index contributed by atoms with van der Waals surface area (Å²) in [4.78, 5) is 11.7. The minimum absolute atomic E-state index is 0.154. The second kappa shape index (κ2) is 7.31. The van der Waals surface area contributed by atoms with Crippen molar-refractivity contribution in [3.05, 3.63) is 60.7 Å². The quantitative estimate of drug-likeness (QED) is 0.776. The Morgan fingerprint density at radius 1 is 1.00 bits per heavy atom. The summed E-state index contributed by atoms with van der Waals surface area (Å²) in [5.41, 5.74) is 2.31. The van der Waals surface area contributed by atoms with Gasteiger partial charge in [-0.25, -0.2) is 0 Å². The van der Waals surface area contributed by atoms with Crippen molar-refractivity contribution in [2.75, 3.05) is 17.7 Å². The number of rotatable bonds is 6. The summed E-state index contributed by atoms with van der Waals surface area (Å²) in [6.45, 7) is 5.62. The Balaban J connectivity index is 1.99. The van der Waals surface area contributed by atoms with Gasteiger partial charge in [0.1, 0.15) is 11.5 Å². The molecule has 4 heteroatoms. The molecule has 2 rings (SSSR count). The number of ether oxygens (including phenoxy) is 1. The van der Waals surface area contributed by atoms with E-state index < -0.39 is 0 Å². The highest BCUT2D eigenvalue weighted by molar-refractivity contribution is 6.03. The number of hydrogen-bond donors (Lipinski definition) is 2. The molecule has 0 fully saturated rings. The molecule has 0 aliphatic carbocycles. The third kappa shape index (κ3) is 4.12. The molecule has 0 heterocycles. The van der Waals surface area contributed by atoms with Gasteiger partial charge in [0.2, 0.25) is 0 Å². The van der Waals surface area contributed by atoms with Gasteiger partial charge in [-0.05, 0) is 55.0 Å². The average molecular weight is 296 g/mol. The predicted molar refractivity (Wildman–Crippen MR) is 90.6 cm³/mol. The lowest BCUT2D eigenvalue weighted by Crippen LogP contribution is -2.12. The summed E-state index contributed by atoms with van der Waals surface area (Å²) in [6, 6.07) is 14.9. The van der Waals surface area contributed by atoms with Gasteiger partial charge in [0, 0.05) is 24.0 Å². The van der Waals surface area contributed by atoms with Crippen molar-refractivity contribution in [2.24, 2.45) is 0 Å². The molecular weight excluding hydrogens is 276 g/mol. The molecule has 0 aliphatic rings. The van der Waals surface area contributed by atoms with Crippen LogP contribution in [0.1, 0.15) is 13.3 Å². The summed E-state index contributed by atoms with van der Waals surface area (Å²) in [5.74, 6) is 1.32. The maximum Gasteiger partial charge on any atom is 0.250 e. The minimum atomic E-state index is -0.154. The highest BCUT2D eigenvalue weighted by Gasteiger charge is 2.05. The lowest BCUT2D eigenvalue weighted by atomic mass is 10.2. The summed E-state index contributed by atoms with van der Waals surface area (Å²) in [7, 11) is 1.87. The number of anilines is 2. The fourth-order valence-corrected chi connectivity index (χ4v) is 1.81. The fourth-order valence-electron chi connectivity index (χ4n) is 1.81. The maximum atomic E-state index is 11.7. The number of amides is 1. The molecule has 0 saturated heterocycles.